The third kappa shape index (κ3) is 2.08. The average molecular weight is 206 g/mol. The van der Waals surface area contributed by atoms with E-state index in [2.05, 4.69) is 0 Å². The number of rotatable bonds is 2. The summed E-state index contributed by atoms with van der Waals surface area (Å²) in [7, 11) is 0. The SMILES string of the molecule is CC1(C(=O)c2ccccc2)COCOC1. The summed E-state index contributed by atoms with van der Waals surface area (Å²) >= 11 is 0. The molecule has 0 bridgehead atoms. The highest BCUT2D eigenvalue weighted by Gasteiger charge is 2.36. The highest BCUT2D eigenvalue weighted by molar-refractivity contribution is 6.00. The zero-order valence-corrected chi connectivity index (χ0v) is 8.73. The molecule has 3 heteroatoms. The third-order valence-electron chi connectivity index (χ3n) is 2.59. The number of carbonyl (C=O) groups excluding carboxylic acids is 1. The van der Waals surface area contributed by atoms with Crippen molar-refractivity contribution in [2.75, 3.05) is 20.0 Å². The third-order valence-corrected chi connectivity index (χ3v) is 2.59. The van der Waals surface area contributed by atoms with Gasteiger partial charge < -0.3 is 9.47 Å². The Morgan fingerprint density at radius 2 is 1.80 bits per heavy atom. The number of ether oxygens (including phenoxy) is 2. The Morgan fingerprint density at radius 3 is 2.40 bits per heavy atom. The standard InChI is InChI=1S/C12H14O3/c1-12(7-14-9-15-8-12)11(13)10-5-3-2-4-6-10/h2-6H,7-9H2,1H3. The highest BCUT2D eigenvalue weighted by atomic mass is 16.7. The van der Waals surface area contributed by atoms with Crippen molar-refractivity contribution in [1.82, 2.24) is 0 Å². The van der Waals surface area contributed by atoms with Crippen LogP contribution < -0.4 is 0 Å². The maximum atomic E-state index is 12.2. The van der Waals surface area contributed by atoms with Gasteiger partial charge in [0.2, 0.25) is 0 Å². The molecule has 15 heavy (non-hydrogen) atoms. The van der Waals surface area contributed by atoms with Crippen molar-refractivity contribution in [3.8, 4) is 0 Å². The molecule has 1 saturated heterocycles. The summed E-state index contributed by atoms with van der Waals surface area (Å²) in [6.45, 7) is 3.03. The van der Waals surface area contributed by atoms with Gasteiger partial charge in [0.1, 0.15) is 6.79 Å². The molecule has 2 rings (SSSR count). The normalized spacial score (nSPS) is 19.8. The van der Waals surface area contributed by atoms with E-state index in [0.717, 1.165) is 0 Å². The summed E-state index contributed by atoms with van der Waals surface area (Å²) in [4.78, 5) is 12.2. The first kappa shape index (κ1) is 10.3. The van der Waals surface area contributed by atoms with E-state index in [-0.39, 0.29) is 12.6 Å². The van der Waals surface area contributed by atoms with E-state index < -0.39 is 5.41 Å². The first-order valence-corrected chi connectivity index (χ1v) is 4.98. The second-order valence-electron chi connectivity index (χ2n) is 4.07. The lowest BCUT2D eigenvalue weighted by Crippen LogP contribution is -2.41. The summed E-state index contributed by atoms with van der Waals surface area (Å²) in [5.74, 6) is 0.0859. The minimum Gasteiger partial charge on any atom is -0.354 e. The Bertz CT molecular complexity index is 339. The predicted octanol–water partition coefficient (Wildman–Crippen LogP) is 1.88. The Balaban J connectivity index is 2.20. The van der Waals surface area contributed by atoms with Crippen LogP contribution in [-0.4, -0.2) is 25.8 Å². The summed E-state index contributed by atoms with van der Waals surface area (Å²) in [5.41, 5.74) is 0.175. The minimum absolute atomic E-state index is 0.0859. The van der Waals surface area contributed by atoms with Gasteiger partial charge in [0.25, 0.3) is 0 Å². The van der Waals surface area contributed by atoms with E-state index in [4.69, 9.17) is 9.47 Å². The first-order chi connectivity index (χ1) is 7.22. The van der Waals surface area contributed by atoms with Crippen LogP contribution in [0.15, 0.2) is 30.3 Å². The van der Waals surface area contributed by atoms with Crippen molar-refractivity contribution in [3.05, 3.63) is 35.9 Å². The number of hydrogen-bond acceptors (Lipinski definition) is 3. The van der Waals surface area contributed by atoms with E-state index in [0.29, 0.717) is 18.8 Å². The largest absolute Gasteiger partial charge is 0.354 e. The zero-order valence-electron chi connectivity index (χ0n) is 8.73. The van der Waals surface area contributed by atoms with Crippen LogP contribution in [0.25, 0.3) is 0 Å². The van der Waals surface area contributed by atoms with Crippen LogP contribution in [0.4, 0.5) is 0 Å². The second-order valence-corrected chi connectivity index (χ2v) is 4.07. The topological polar surface area (TPSA) is 35.5 Å². The molecule has 0 aromatic heterocycles. The summed E-state index contributed by atoms with van der Waals surface area (Å²) in [6, 6.07) is 9.26. The lowest BCUT2D eigenvalue weighted by Gasteiger charge is -2.31. The Hall–Kier alpha value is -1.19. The van der Waals surface area contributed by atoms with Crippen molar-refractivity contribution in [2.45, 2.75) is 6.92 Å². The maximum Gasteiger partial charge on any atom is 0.173 e. The predicted molar refractivity (Wildman–Crippen MR) is 55.7 cm³/mol. The monoisotopic (exact) mass is 206 g/mol. The molecule has 0 radical (unpaired) electrons. The first-order valence-electron chi connectivity index (χ1n) is 4.98. The van der Waals surface area contributed by atoms with E-state index in [1.165, 1.54) is 0 Å². The Labute approximate surface area is 89.0 Å². The molecule has 0 N–H and O–H groups in total. The van der Waals surface area contributed by atoms with Crippen molar-refractivity contribution in [3.63, 3.8) is 0 Å². The second kappa shape index (κ2) is 4.13. The molecule has 1 heterocycles. The van der Waals surface area contributed by atoms with E-state index >= 15 is 0 Å². The van der Waals surface area contributed by atoms with Crippen molar-refractivity contribution in [2.24, 2.45) is 5.41 Å². The molecular weight excluding hydrogens is 192 g/mol. The lowest BCUT2D eigenvalue weighted by atomic mass is 9.83. The van der Waals surface area contributed by atoms with Gasteiger partial charge in [-0.1, -0.05) is 30.3 Å². The van der Waals surface area contributed by atoms with Crippen LogP contribution in [0.5, 0.6) is 0 Å². The minimum atomic E-state index is -0.542. The van der Waals surface area contributed by atoms with Gasteiger partial charge in [-0.15, -0.1) is 0 Å². The molecule has 1 aromatic carbocycles. The quantitative estimate of drug-likeness (QED) is 0.693. The lowest BCUT2D eigenvalue weighted by molar-refractivity contribution is -0.144. The summed E-state index contributed by atoms with van der Waals surface area (Å²) in [5, 5.41) is 0. The van der Waals surface area contributed by atoms with Gasteiger partial charge in [0, 0.05) is 5.56 Å². The highest BCUT2D eigenvalue weighted by Crippen LogP contribution is 2.26. The van der Waals surface area contributed by atoms with E-state index in [1.807, 2.05) is 37.3 Å². The van der Waals surface area contributed by atoms with Crippen molar-refractivity contribution in [1.29, 1.82) is 0 Å². The number of hydrogen-bond donors (Lipinski definition) is 0. The van der Waals surface area contributed by atoms with Gasteiger partial charge in [-0.3, -0.25) is 4.79 Å². The molecule has 1 fully saturated rings. The molecule has 1 aliphatic rings. The molecule has 80 valence electrons. The average Bonchev–Trinajstić information content (AvgIpc) is 2.30. The number of Topliss-reactive ketones (excluding diaryl/α,β-unsaturated/α-hetero) is 1. The number of benzene rings is 1. The molecule has 0 spiro atoms. The van der Waals surface area contributed by atoms with Gasteiger partial charge in [-0.25, -0.2) is 0 Å². The summed E-state index contributed by atoms with van der Waals surface area (Å²) in [6.07, 6.45) is 0. The fraction of sp³-hybridized carbons (Fsp3) is 0.417. The number of ketones is 1. The van der Waals surface area contributed by atoms with Gasteiger partial charge in [0.05, 0.1) is 18.6 Å². The fourth-order valence-electron chi connectivity index (χ4n) is 1.70. The number of carbonyl (C=O) groups is 1. The van der Waals surface area contributed by atoms with Crippen molar-refractivity contribution < 1.29 is 14.3 Å². The Morgan fingerprint density at radius 1 is 1.20 bits per heavy atom. The molecule has 3 nitrogen and oxygen atoms in total. The van der Waals surface area contributed by atoms with Crippen LogP contribution in [0.2, 0.25) is 0 Å². The molecule has 0 saturated carbocycles. The molecule has 0 atom stereocenters. The van der Waals surface area contributed by atoms with Crippen LogP contribution in [0, 0.1) is 5.41 Å². The van der Waals surface area contributed by atoms with Gasteiger partial charge in [0.15, 0.2) is 5.78 Å². The molecule has 0 aliphatic carbocycles. The molecular formula is C12H14O3. The van der Waals surface area contributed by atoms with E-state index in [1.54, 1.807) is 0 Å². The maximum absolute atomic E-state index is 12.2. The van der Waals surface area contributed by atoms with Gasteiger partial charge in [-0.2, -0.15) is 0 Å². The molecule has 0 amide bonds. The molecule has 0 unspecified atom stereocenters. The summed E-state index contributed by atoms with van der Waals surface area (Å²) < 4.78 is 10.4. The van der Waals surface area contributed by atoms with Crippen LogP contribution in [-0.2, 0) is 9.47 Å². The van der Waals surface area contributed by atoms with Crippen LogP contribution >= 0.6 is 0 Å². The smallest absolute Gasteiger partial charge is 0.173 e. The van der Waals surface area contributed by atoms with Crippen molar-refractivity contribution >= 4 is 5.78 Å². The van der Waals surface area contributed by atoms with E-state index in [9.17, 15) is 4.79 Å². The van der Waals surface area contributed by atoms with Crippen LogP contribution in [0.3, 0.4) is 0 Å². The fourth-order valence-corrected chi connectivity index (χ4v) is 1.70. The zero-order chi connectivity index (χ0) is 10.7. The molecule has 1 aliphatic heterocycles. The van der Waals surface area contributed by atoms with Gasteiger partial charge >= 0.3 is 0 Å². The Kier molecular flexibility index (Phi) is 2.84. The molecule has 1 aromatic rings. The van der Waals surface area contributed by atoms with Gasteiger partial charge in [-0.05, 0) is 6.92 Å². The van der Waals surface area contributed by atoms with Crippen LogP contribution in [0.1, 0.15) is 17.3 Å².